The number of aromatic nitrogens is 2. The van der Waals surface area contributed by atoms with Crippen molar-refractivity contribution < 1.29 is 4.79 Å². The molecule has 2 aromatic rings. The zero-order chi connectivity index (χ0) is 14.7. The van der Waals surface area contributed by atoms with Gasteiger partial charge in [0.15, 0.2) is 6.29 Å². The normalized spacial score (nSPS) is 16.0. The van der Waals surface area contributed by atoms with Crippen molar-refractivity contribution in [2.45, 2.75) is 44.6 Å². The molecule has 0 bridgehead atoms. The minimum Gasteiger partial charge on any atom is -0.298 e. The van der Waals surface area contributed by atoms with Crippen molar-refractivity contribution >= 4 is 17.9 Å². The Morgan fingerprint density at radius 2 is 1.90 bits per heavy atom. The van der Waals surface area contributed by atoms with Crippen LogP contribution in [0.3, 0.4) is 0 Å². The quantitative estimate of drug-likeness (QED) is 0.782. The van der Waals surface area contributed by atoms with E-state index in [1.54, 1.807) is 0 Å². The molecule has 0 atom stereocenters. The van der Waals surface area contributed by atoms with E-state index in [2.05, 4.69) is 5.10 Å². The Labute approximate surface area is 129 Å². The zero-order valence-corrected chi connectivity index (χ0v) is 12.7. The molecule has 0 saturated heterocycles. The van der Waals surface area contributed by atoms with Crippen LogP contribution in [0.2, 0.25) is 5.02 Å². The largest absolute Gasteiger partial charge is 0.298 e. The molecule has 0 amide bonds. The van der Waals surface area contributed by atoms with Crippen LogP contribution >= 0.6 is 11.6 Å². The van der Waals surface area contributed by atoms with Crippen LogP contribution in [0.5, 0.6) is 0 Å². The van der Waals surface area contributed by atoms with E-state index in [0.717, 1.165) is 41.0 Å². The predicted octanol–water partition coefficient (Wildman–Crippen LogP) is 4.45. The second kappa shape index (κ2) is 6.44. The van der Waals surface area contributed by atoms with Gasteiger partial charge >= 0.3 is 0 Å². The van der Waals surface area contributed by atoms with E-state index in [1.807, 2.05) is 35.1 Å². The van der Waals surface area contributed by atoms with Gasteiger partial charge in [0, 0.05) is 17.1 Å². The number of rotatable bonds is 4. The lowest BCUT2D eigenvalue weighted by atomic mass is 9.86. The van der Waals surface area contributed by atoms with E-state index >= 15 is 0 Å². The second-order valence-corrected chi connectivity index (χ2v) is 6.18. The highest BCUT2D eigenvalue weighted by atomic mass is 35.5. The molecule has 0 N–H and O–H groups in total. The molecule has 0 spiro atoms. The van der Waals surface area contributed by atoms with Crippen LogP contribution < -0.4 is 0 Å². The van der Waals surface area contributed by atoms with Crippen molar-refractivity contribution in [1.29, 1.82) is 0 Å². The molecule has 3 nitrogen and oxygen atoms in total. The first kappa shape index (κ1) is 14.3. The average Bonchev–Trinajstić information content (AvgIpc) is 2.93. The SMILES string of the molecule is O=Cc1cn(Cc2ccc(Cl)cc2)nc1C1CCCCC1. The molecule has 1 aromatic heterocycles. The number of hydrogen-bond acceptors (Lipinski definition) is 2. The molecule has 4 heteroatoms. The Bertz CT molecular complexity index is 612. The lowest BCUT2D eigenvalue weighted by Crippen LogP contribution is -2.08. The second-order valence-electron chi connectivity index (χ2n) is 5.75. The highest BCUT2D eigenvalue weighted by molar-refractivity contribution is 6.30. The molecular formula is C17H19ClN2O. The molecule has 1 aliphatic carbocycles. The lowest BCUT2D eigenvalue weighted by Gasteiger charge is -2.20. The molecule has 0 unspecified atom stereocenters. The van der Waals surface area contributed by atoms with E-state index in [4.69, 9.17) is 11.6 Å². The van der Waals surface area contributed by atoms with Crippen LogP contribution in [0.15, 0.2) is 30.5 Å². The summed E-state index contributed by atoms with van der Waals surface area (Å²) < 4.78 is 1.87. The van der Waals surface area contributed by atoms with Crippen LogP contribution in [-0.2, 0) is 6.54 Å². The molecule has 1 saturated carbocycles. The molecule has 0 radical (unpaired) electrons. The van der Waals surface area contributed by atoms with Crippen LogP contribution in [0.1, 0.15) is 59.6 Å². The summed E-state index contributed by atoms with van der Waals surface area (Å²) in [5, 5.41) is 5.41. The summed E-state index contributed by atoms with van der Waals surface area (Å²) in [6.07, 6.45) is 8.90. The molecule has 3 rings (SSSR count). The Kier molecular flexibility index (Phi) is 4.39. The topological polar surface area (TPSA) is 34.9 Å². The fourth-order valence-electron chi connectivity index (χ4n) is 3.09. The third-order valence-corrected chi connectivity index (χ3v) is 4.45. The number of halogens is 1. The van der Waals surface area contributed by atoms with E-state index in [1.165, 1.54) is 19.3 Å². The Morgan fingerprint density at radius 3 is 2.57 bits per heavy atom. The number of hydrogen-bond donors (Lipinski definition) is 0. The molecule has 21 heavy (non-hydrogen) atoms. The number of carbonyl (C=O) groups is 1. The monoisotopic (exact) mass is 302 g/mol. The fraction of sp³-hybridized carbons (Fsp3) is 0.412. The van der Waals surface area contributed by atoms with E-state index < -0.39 is 0 Å². The van der Waals surface area contributed by atoms with Gasteiger partial charge in [0.25, 0.3) is 0 Å². The lowest BCUT2D eigenvalue weighted by molar-refractivity contribution is 0.112. The van der Waals surface area contributed by atoms with Gasteiger partial charge in [-0.15, -0.1) is 0 Å². The third kappa shape index (κ3) is 3.35. The van der Waals surface area contributed by atoms with Crippen LogP contribution in [0, 0.1) is 0 Å². The summed E-state index contributed by atoms with van der Waals surface area (Å²) in [5.41, 5.74) is 2.86. The molecule has 1 aromatic carbocycles. The first-order valence-corrected chi connectivity index (χ1v) is 7.91. The maximum absolute atomic E-state index is 11.3. The van der Waals surface area contributed by atoms with Crippen LogP contribution in [0.4, 0.5) is 0 Å². The van der Waals surface area contributed by atoms with Crippen LogP contribution in [-0.4, -0.2) is 16.1 Å². The first-order chi connectivity index (χ1) is 10.3. The van der Waals surface area contributed by atoms with Crippen molar-refractivity contribution in [2.24, 2.45) is 0 Å². The minimum atomic E-state index is 0.449. The van der Waals surface area contributed by atoms with Gasteiger partial charge in [0.1, 0.15) is 0 Å². The smallest absolute Gasteiger partial charge is 0.153 e. The Balaban J connectivity index is 1.81. The summed E-state index contributed by atoms with van der Waals surface area (Å²) in [4.78, 5) is 11.3. The summed E-state index contributed by atoms with van der Waals surface area (Å²) >= 11 is 5.90. The van der Waals surface area contributed by atoms with Gasteiger partial charge in [-0.2, -0.15) is 5.10 Å². The summed E-state index contributed by atoms with van der Waals surface area (Å²) in [6.45, 7) is 0.671. The van der Waals surface area contributed by atoms with Gasteiger partial charge in [-0.1, -0.05) is 43.0 Å². The van der Waals surface area contributed by atoms with Crippen molar-refractivity contribution in [3.8, 4) is 0 Å². The fourth-order valence-corrected chi connectivity index (χ4v) is 3.22. The van der Waals surface area contributed by atoms with E-state index in [-0.39, 0.29) is 0 Å². The van der Waals surface area contributed by atoms with E-state index in [0.29, 0.717) is 12.5 Å². The molecule has 1 heterocycles. The van der Waals surface area contributed by atoms with Crippen molar-refractivity contribution in [3.05, 3.63) is 52.3 Å². The zero-order valence-electron chi connectivity index (χ0n) is 12.0. The molecule has 1 fully saturated rings. The van der Waals surface area contributed by atoms with Gasteiger partial charge < -0.3 is 0 Å². The first-order valence-electron chi connectivity index (χ1n) is 7.53. The van der Waals surface area contributed by atoms with Gasteiger partial charge in [-0.25, -0.2) is 0 Å². The van der Waals surface area contributed by atoms with Crippen molar-refractivity contribution in [3.63, 3.8) is 0 Å². The van der Waals surface area contributed by atoms with Crippen molar-refractivity contribution in [1.82, 2.24) is 9.78 Å². The number of nitrogens with zero attached hydrogens (tertiary/aromatic N) is 2. The molecular weight excluding hydrogens is 284 g/mol. The standard InChI is InChI=1S/C17H19ClN2O/c18-16-8-6-13(7-9-16)10-20-11-15(12-21)17(19-20)14-4-2-1-3-5-14/h6-9,11-12,14H,1-5,10H2. The van der Waals surface area contributed by atoms with E-state index in [9.17, 15) is 4.79 Å². The molecule has 110 valence electrons. The highest BCUT2D eigenvalue weighted by Crippen LogP contribution is 2.33. The van der Waals surface area contributed by atoms with Gasteiger partial charge in [-0.3, -0.25) is 9.48 Å². The minimum absolute atomic E-state index is 0.449. The number of benzene rings is 1. The maximum Gasteiger partial charge on any atom is 0.153 e. The summed E-state index contributed by atoms with van der Waals surface area (Å²) in [7, 11) is 0. The summed E-state index contributed by atoms with van der Waals surface area (Å²) in [5.74, 6) is 0.449. The number of carbonyl (C=O) groups excluding carboxylic acids is 1. The van der Waals surface area contributed by atoms with Gasteiger partial charge in [-0.05, 0) is 30.5 Å². The van der Waals surface area contributed by atoms with Crippen molar-refractivity contribution in [2.75, 3.05) is 0 Å². The predicted molar refractivity (Wildman–Crippen MR) is 84.0 cm³/mol. The Morgan fingerprint density at radius 1 is 1.19 bits per heavy atom. The number of aldehydes is 1. The molecule has 0 aliphatic heterocycles. The third-order valence-electron chi connectivity index (χ3n) is 4.20. The maximum atomic E-state index is 11.3. The van der Waals surface area contributed by atoms with Gasteiger partial charge in [0.05, 0.1) is 17.8 Å². The average molecular weight is 303 g/mol. The summed E-state index contributed by atoms with van der Waals surface area (Å²) in [6, 6.07) is 7.74. The molecule has 1 aliphatic rings. The van der Waals surface area contributed by atoms with Crippen LogP contribution in [0.25, 0.3) is 0 Å². The highest BCUT2D eigenvalue weighted by Gasteiger charge is 2.21. The Hall–Kier alpha value is -1.61. The van der Waals surface area contributed by atoms with Gasteiger partial charge in [0.2, 0.25) is 0 Å².